The first-order valence-electron chi connectivity index (χ1n) is 9.42. The van der Waals surface area contributed by atoms with Crippen molar-refractivity contribution in [2.45, 2.75) is 6.54 Å². The van der Waals surface area contributed by atoms with Gasteiger partial charge in [-0.25, -0.2) is 10.1 Å². The molecule has 31 heavy (non-hydrogen) atoms. The minimum Gasteiger partial charge on any atom is -0.508 e. The van der Waals surface area contributed by atoms with E-state index < -0.39 is 5.91 Å². The molecule has 0 spiro atoms. The molecule has 3 aromatic carbocycles. The highest BCUT2D eigenvalue weighted by molar-refractivity contribution is 6.05. The number of carbonyl (C=O) groups is 1. The van der Waals surface area contributed by atoms with Gasteiger partial charge in [-0.15, -0.1) is 0 Å². The number of rotatable bonds is 5. The highest BCUT2D eigenvalue weighted by Crippen LogP contribution is 2.20. The number of amides is 1. The number of aromatic nitrogens is 2. The van der Waals surface area contributed by atoms with Crippen LogP contribution in [0.5, 0.6) is 11.5 Å². The third kappa shape index (κ3) is 4.27. The number of nitrogens with zero attached hydrogens (tertiary/aromatic N) is 3. The zero-order valence-electron chi connectivity index (χ0n) is 16.3. The number of benzene rings is 3. The van der Waals surface area contributed by atoms with Crippen molar-refractivity contribution in [1.29, 1.82) is 0 Å². The lowest BCUT2D eigenvalue weighted by Crippen LogP contribution is -2.29. The molecule has 1 heterocycles. The fraction of sp³-hybridized carbons (Fsp3) is 0.0435. The van der Waals surface area contributed by atoms with Crippen LogP contribution in [0.15, 0.2) is 82.7 Å². The minimum atomic E-state index is -0.604. The van der Waals surface area contributed by atoms with E-state index in [0.29, 0.717) is 16.3 Å². The number of phenolic OH excluding ortho intramolecular Hbond substituents is 2. The summed E-state index contributed by atoms with van der Waals surface area (Å²) in [6.07, 6.45) is 1.24. The summed E-state index contributed by atoms with van der Waals surface area (Å²) in [7, 11) is 0. The number of hydrazone groups is 1. The molecule has 4 rings (SSSR count). The van der Waals surface area contributed by atoms with E-state index in [1.54, 1.807) is 24.3 Å². The van der Waals surface area contributed by atoms with Gasteiger partial charge in [-0.2, -0.15) is 10.2 Å². The van der Waals surface area contributed by atoms with E-state index in [2.05, 4.69) is 15.6 Å². The van der Waals surface area contributed by atoms with Crippen molar-refractivity contribution in [2.75, 3.05) is 0 Å². The van der Waals surface area contributed by atoms with Crippen molar-refractivity contribution >= 4 is 22.9 Å². The molecule has 0 aliphatic rings. The number of nitrogens with one attached hydrogen (secondary N) is 1. The Hall–Kier alpha value is -4.46. The second-order valence-electron chi connectivity index (χ2n) is 6.78. The molecule has 0 saturated carbocycles. The molecule has 154 valence electrons. The minimum absolute atomic E-state index is 0.0539. The maximum absolute atomic E-state index is 12.9. The van der Waals surface area contributed by atoms with E-state index >= 15 is 0 Å². The summed E-state index contributed by atoms with van der Waals surface area (Å²) < 4.78 is 1.25. The topological polar surface area (TPSA) is 117 Å². The van der Waals surface area contributed by atoms with Crippen molar-refractivity contribution < 1.29 is 15.0 Å². The Balaban J connectivity index is 1.67. The van der Waals surface area contributed by atoms with Gasteiger partial charge in [0.05, 0.1) is 18.1 Å². The van der Waals surface area contributed by atoms with Crippen LogP contribution in [0.2, 0.25) is 0 Å². The van der Waals surface area contributed by atoms with Gasteiger partial charge in [-0.1, -0.05) is 48.5 Å². The summed E-state index contributed by atoms with van der Waals surface area (Å²) in [6.45, 7) is 0.218. The molecule has 0 aliphatic heterocycles. The third-order valence-corrected chi connectivity index (χ3v) is 4.64. The predicted molar refractivity (Wildman–Crippen MR) is 116 cm³/mol. The Morgan fingerprint density at radius 2 is 1.71 bits per heavy atom. The molecule has 0 radical (unpaired) electrons. The first-order chi connectivity index (χ1) is 15.0. The summed E-state index contributed by atoms with van der Waals surface area (Å²) in [5.41, 5.74) is 3.31. The number of carbonyl (C=O) groups excluding carboxylic acids is 1. The van der Waals surface area contributed by atoms with Crippen LogP contribution in [0.3, 0.4) is 0 Å². The van der Waals surface area contributed by atoms with Gasteiger partial charge < -0.3 is 10.2 Å². The number of aromatic hydroxyl groups is 2. The Bertz CT molecular complexity index is 1350. The molecule has 4 aromatic rings. The van der Waals surface area contributed by atoms with Gasteiger partial charge in [-0.05, 0) is 23.8 Å². The van der Waals surface area contributed by atoms with Gasteiger partial charge in [0.1, 0.15) is 11.5 Å². The second-order valence-corrected chi connectivity index (χ2v) is 6.78. The summed E-state index contributed by atoms with van der Waals surface area (Å²) >= 11 is 0. The standard InChI is InChI=1S/C23H18N4O4/c28-17-11-10-16(20(29)12-17)13-24-25-22(30)21-18-8-4-5-9-19(18)23(31)27(26-21)14-15-6-2-1-3-7-15/h1-13,28-29H,14H2,(H,25,30). The number of hydrogen-bond donors (Lipinski definition) is 3. The fourth-order valence-electron chi connectivity index (χ4n) is 3.12. The van der Waals surface area contributed by atoms with Crippen LogP contribution in [-0.4, -0.2) is 32.1 Å². The van der Waals surface area contributed by atoms with Crippen molar-refractivity contribution in [3.05, 3.63) is 100.0 Å². The van der Waals surface area contributed by atoms with Crippen molar-refractivity contribution in [1.82, 2.24) is 15.2 Å². The predicted octanol–water partition coefficient (Wildman–Crippen LogP) is 2.62. The quantitative estimate of drug-likeness (QED) is 0.343. The normalized spacial score (nSPS) is 11.1. The molecule has 0 saturated heterocycles. The molecule has 0 atom stereocenters. The molecule has 3 N–H and O–H groups in total. The number of fused-ring (bicyclic) bond motifs is 1. The summed E-state index contributed by atoms with van der Waals surface area (Å²) in [5.74, 6) is -0.874. The highest BCUT2D eigenvalue weighted by Gasteiger charge is 2.16. The second kappa shape index (κ2) is 8.50. The number of hydrogen-bond acceptors (Lipinski definition) is 6. The zero-order valence-corrected chi connectivity index (χ0v) is 16.3. The van der Waals surface area contributed by atoms with Gasteiger partial charge >= 0.3 is 0 Å². The first-order valence-corrected chi connectivity index (χ1v) is 9.42. The summed E-state index contributed by atoms with van der Waals surface area (Å²) in [4.78, 5) is 25.7. The Kier molecular flexibility index (Phi) is 5.44. The Morgan fingerprint density at radius 1 is 1.00 bits per heavy atom. The Labute approximate surface area is 176 Å². The van der Waals surface area contributed by atoms with Crippen LogP contribution in [0.25, 0.3) is 10.8 Å². The van der Waals surface area contributed by atoms with E-state index in [1.807, 2.05) is 30.3 Å². The zero-order chi connectivity index (χ0) is 21.8. The average molecular weight is 414 g/mol. The fourth-order valence-corrected chi connectivity index (χ4v) is 3.12. The molecule has 0 bridgehead atoms. The highest BCUT2D eigenvalue weighted by atomic mass is 16.3. The van der Waals surface area contributed by atoms with Crippen molar-refractivity contribution in [3.63, 3.8) is 0 Å². The van der Waals surface area contributed by atoms with Crippen LogP contribution >= 0.6 is 0 Å². The van der Waals surface area contributed by atoms with E-state index in [1.165, 1.54) is 23.0 Å². The lowest BCUT2D eigenvalue weighted by molar-refractivity contribution is 0.0949. The molecular weight excluding hydrogens is 396 g/mol. The van der Waals surface area contributed by atoms with Gasteiger partial charge in [-0.3, -0.25) is 9.59 Å². The van der Waals surface area contributed by atoms with Crippen molar-refractivity contribution in [2.24, 2.45) is 5.10 Å². The van der Waals surface area contributed by atoms with Gasteiger partial charge in [0.2, 0.25) is 0 Å². The largest absolute Gasteiger partial charge is 0.508 e. The lowest BCUT2D eigenvalue weighted by atomic mass is 10.1. The monoisotopic (exact) mass is 414 g/mol. The maximum Gasteiger partial charge on any atom is 0.292 e. The van der Waals surface area contributed by atoms with Crippen LogP contribution in [0, 0.1) is 0 Å². The number of phenols is 2. The average Bonchev–Trinajstić information content (AvgIpc) is 2.78. The Morgan fingerprint density at radius 3 is 2.45 bits per heavy atom. The van der Waals surface area contributed by atoms with E-state index in [0.717, 1.165) is 11.6 Å². The molecule has 1 amide bonds. The van der Waals surface area contributed by atoms with E-state index in [-0.39, 0.29) is 29.3 Å². The van der Waals surface area contributed by atoms with Gasteiger partial charge in [0.15, 0.2) is 5.69 Å². The summed E-state index contributed by atoms with van der Waals surface area (Å²) in [5, 5.41) is 28.1. The molecule has 8 heteroatoms. The van der Waals surface area contributed by atoms with E-state index in [4.69, 9.17) is 0 Å². The molecule has 1 aromatic heterocycles. The maximum atomic E-state index is 12.9. The molecule has 0 aliphatic carbocycles. The first kappa shape index (κ1) is 19.8. The smallest absolute Gasteiger partial charge is 0.292 e. The molecule has 8 nitrogen and oxygen atoms in total. The van der Waals surface area contributed by atoms with Crippen LogP contribution in [-0.2, 0) is 6.54 Å². The summed E-state index contributed by atoms with van der Waals surface area (Å²) in [6, 6.07) is 20.1. The van der Waals surface area contributed by atoms with Crippen LogP contribution in [0.4, 0.5) is 0 Å². The SMILES string of the molecule is O=C(NN=Cc1ccc(O)cc1O)c1nn(Cc2ccccc2)c(=O)c2ccccc12. The molecular formula is C23H18N4O4. The molecule has 0 unspecified atom stereocenters. The lowest BCUT2D eigenvalue weighted by Gasteiger charge is -2.10. The van der Waals surface area contributed by atoms with Crippen LogP contribution < -0.4 is 11.0 Å². The van der Waals surface area contributed by atoms with E-state index in [9.17, 15) is 19.8 Å². The van der Waals surface area contributed by atoms with Crippen molar-refractivity contribution in [3.8, 4) is 11.5 Å². The van der Waals surface area contributed by atoms with Gasteiger partial charge in [0.25, 0.3) is 11.5 Å². The van der Waals surface area contributed by atoms with Crippen LogP contribution in [0.1, 0.15) is 21.6 Å². The molecule has 0 fully saturated rings. The van der Waals surface area contributed by atoms with Gasteiger partial charge in [0, 0.05) is 17.0 Å². The third-order valence-electron chi connectivity index (χ3n) is 4.64.